The molecule has 3 aromatic rings. The summed E-state index contributed by atoms with van der Waals surface area (Å²) >= 11 is 1.03. The second-order valence-corrected chi connectivity index (χ2v) is 9.10. The Labute approximate surface area is 209 Å². The maximum Gasteiger partial charge on any atom is 0.255 e. The van der Waals surface area contributed by atoms with Crippen molar-refractivity contribution in [1.29, 1.82) is 0 Å². The van der Waals surface area contributed by atoms with E-state index >= 15 is 0 Å². The monoisotopic (exact) mass is 487 g/mol. The minimum absolute atomic E-state index is 0.181. The van der Waals surface area contributed by atoms with Crippen LogP contribution in [0.2, 0.25) is 0 Å². The smallest absolute Gasteiger partial charge is 0.255 e. The minimum atomic E-state index is -0.207. The molecule has 0 spiro atoms. The zero-order valence-electron chi connectivity index (χ0n) is 19.6. The van der Waals surface area contributed by atoms with Gasteiger partial charge in [-0.3, -0.25) is 14.7 Å². The Morgan fingerprint density at radius 3 is 2.51 bits per heavy atom. The van der Waals surface area contributed by atoms with Gasteiger partial charge in [-0.1, -0.05) is 42.3 Å². The van der Waals surface area contributed by atoms with E-state index in [1.54, 1.807) is 41.8 Å². The Balaban J connectivity index is 1.36. The second kappa shape index (κ2) is 11.2. The Morgan fingerprint density at radius 2 is 1.74 bits per heavy atom. The van der Waals surface area contributed by atoms with Crippen LogP contribution >= 0.6 is 11.9 Å². The lowest BCUT2D eigenvalue weighted by molar-refractivity contribution is 0.0950. The number of benzene rings is 3. The van der Waals surface area contributed by atoms with E-state index in [1.807, 2.05) is 18.2 Å². The molecular weight excluding hydrogens is 458 g/mol. The summed E-state index contributed by atoms with van der Waals surface area (Å²) in [7, 11) is 2.10. The number of hydrogen-bond acceptors (Lipinski definition) is 6. The zero-order chi connectivity index (χ0) is 24.8. The molecule has 0 radical (unpaired) electrons. The molecule has 8 heteroatoms. The van der Waals surface area contributed by atoms with Gasteiger partial charge in [-0.15, -0.1) is 0 Å². The highest BCUT2D eigenvalue weighted by Gasteiger charge is 2.15. The van der Waals surface area contributed by atoms with E-state index in [1.165, 1.54) is 11.1 Å². The number of fused-ring (bicyclic) bond motifs is 1. The number of likely N-dealkylation sites (N-methyl/N-ethyl adjacent to an activating group) is 1. The van der Waals surface area contributed by atoms with Gasteiger partial charge in [0.25, 0.3) is 11.8 Å². The van der Waals surface area contributed by atoms with Crippen LogP contribution in [0, 0.1) is 0 Å². The Bertz CT molecular complexity index is 1260. The molecule has 0 atom stereocenters. The van der Waals surface area contributed by atoms with Crippen LogP contribution < -0.4 is 21.5 Å². The predicted molar refractivity (Wildman–Crippen MR) is 142 cm³/mol. The molecule has 0 aliphatic carbocycles. The highest BCUT2D eigenvalue weighted by molar-refractivity contribution is 8.00. The minimum Gasteiger partial charge on any atom is -0.398 e. The van der Waals surface area contributed by atoms with Gasteiger partial charge >= 0.3 is 0 Å². The van der Waals surface area contributed by atoms with Crippen LogP contribution in [0.25, 0.3) is 5.70 Å². The average molecular weight is 488 g/mol. The number of carbonyl (C=O) groups excluding carboxylic acids is 2. The molecule has 0 saturated heterocycles. The van der Waals surface area contributed by atoms with Crippen molar-refractivity contribution in [3.8, 4) is 0 Å². The molecule has 1 aliphatic rings. The number of anilines is 1. The van der Waals surface area contributed by atoms with Gasteiger partial charge in [-0.05, 0) is 72.1 Å². The Hall–Kier alpha value is -3.59. The van der Waals surface area contributed by atoms with Gasteiger partial charge < -0.3 is 21.3 Å². The van der Waals surface area contributed by atoms with Gasteiger partial charge in [0.15, 0.2) is 0 Å². The fraction of sp³-hybridized carbons (Fsp3) is 0.185. The number of amides is 2. The van der Waals surface area contributed by atoms with Crippen molar-refractivity contribution in [3.63, 3.8) is 0 Å². The SMILES string of the molecule is CN1CCc2ccc(NC(=O)c3cccc(CNC(=O)c4ccc(/C(N)=C/SN)cc4)c3)cc2C1. The van der Waals surface area contributed by atoms with E-state index in [9.17, 15) is 9.59 Å². The van der Waals surface area contributed by atoms with Crippen molar-refractivity contribution < 1.29 is 9.59 Å². The Morgan fingerprint density at radius 1 is 0.971 bits per heavy atom. The first-order valence-electron chi connectivity index (χ1n) is 11.3. The van der Waals surface area contributed by atoms with Gasteiger partial charge in [0, 0.05) is 47.6 Å². The lowest BCUT2D eigenvalue weighted by atomic mass is 9.99. The van der Waals surface area contributed by atoms with E-state index in [0.29, 0.717) is 23.4 Å². The summed E-state index contributed by atoms with van der Waals surface area (Å²) < 4.78 is 0. The third-order valence-corrected chi connectivity index (χ3v) is 6.37. The molecule has 3 aromatic carbocycles. The van der Waals surface area contributed by atoms with Crippen molar-refractivity contribution in [2.75, 3.05) is 18.9 Å². The van der Waals surface area contributed by atoms with Crippen molar-refractivity contribution in [2.45, 2.75) is 19.5 Å². The normalized spacial score (nSPS) is 13.7. The van der Waals surface area contributed by atoms with Crippen LogP contribution in [0.5, 0.6) is 0 Å². The molecule has 0 aromatic heterocycles. The van der Waals surface area contributed by atoms with Crippen LogP contribution in [0.3, 0.4) is 0 Å². The summed E-state index contributed by atoms with van der Waals surface area (Å²) in [6, 6.07) is 20.3. The standard InChI is InChI=1S/C27H29N5O2S/c1-32-12-11-19-9-10-24(14-23(19)16-32)31-27(34)22-4-2-3-18(13-22)15-30-26(33)21-7-5-20(6-8-21)25(28)17-35-29/h2-10,13-14,17H,11-12,15-16,28-29H2,1H3,(H,30,33)(H,31,34)/b25-17-. The first-order chi connectivity index (χ1) is 16.9. The third-order valence-electron chi connectivity index (χ3n) is 5.98. The van der Waals surface area contributed by atoms with Crippen molar-refractivity contribution in [3.05, 3.63) is 106 Å². The molecule has 180 valence electrons. The molecule has 1 aliphatic heterocycles. The number of nitrogens with two attached hydrogens (primary N) is 2. The maximum atomic E-state index is 12.9. The second-order valence-electron chi connectivity index (χ2n) is 8.60. The van der Waals surface area contributed by atoms with E-state index in [0.717, 1.165) is 48.3 Å². The third kappa shape index (κ3) is 6.30. The van der Waals surface area contributed by atoms with E-state index in [4.69, 9.17) is 10.9 Å². The molecule has 0 fully saturated rings. The van der Waals surface area contributed by atoms with Gasteiger partial charge in [0.2, 0.25) is 0 Å². The fourth-order valence-corrected chi connectivity index (χ4v) is 4.32. The number of nitrogens with zero attached hydrogens (tertiary/aromatic N) is 1. The molecule has 4 rings (SSSR count). The van der Waals surface area contributed by atoms with Gasteiger partial charge in [-0.25, -0.2) is 0 Å². The first kappa shape index (κ1) is 24.5. The summed E-state index contributed by atoms with van der Waals surface area (Å²) in [5.74, 6) is -0.389. The van der Waals surface area contributed by atoms with Crippen LogP contribution in [-0.2, 0) is 19.5 Å². The molecule has 7 nitrogen and oxygen atoms in total. The molecular formula is C27H29N5O2S. The van der Waals surface area contributed by atoms with Crippen LogP contribution in [0.1, 0.15) is 43.0 Å². The molecule has 2 amide bonds. The quantitative estimate of drug-likeness (QED) is 0.378. The van der Waals surface area contributed by atoms with E-state index in [2.05, 4.69) is 34.7 Å². The van der Waals surface area contributed by atoms with Crippen molar-refractivity contribution in [1.82, 2.24) is 10.2 Å². The highest BCUT2D eigenvalue weighted by atomic mass is 32.2. The average Bonchev–Trinajstić information content (AvgIpc) is 2.87. The highest BCUT2D eigenvalue weighted by Crippen LogP contribution is 2.22. The van der Waals surface area contributed by atoms with Gasteiger partial charge in [0.1, 0.15) is 0 Å². The molecule has 6 N–H and O–H groups in total. The summed E-state index contributed by atoms with van der Waals surface area (Å²) in [5, 5.41) is 12.9. The molecule has 35 heavy (non-hydrogen) atoms. The Kier molecular flexibility index (Phi) is 7.87. The summed E-state index contributed by atoms with van der Waals surface area (Å²) in [5.41, 5.74) is 12.5. The summed E-state index contributed by atoms with van der Waals surface area (Å²) in [6.45, 7) is 2.24. The lowest BCUT2D eigenvalue weighted by Crippen LogP contribution is -2.26. The molecule has 1 heterocycles. The first-order valence-corrected chi connectivity index (χ1v) is 12.3. The van der Waals surface area contributed by atoms with Crippen LogP contribution in [0.4, 0.5) is 5.69 Å². The summed E-state index contributed by atoms with van der Waals surface area (Å²) in [6.07, 6.45) is 1.02. The van der Waals surface area contributed by atoms with E-state index < -0.39 is 0 Å². The largest absolute Gasteiger partial charge is 0.398 e. The number of nitrogens with one attached hydrogen (secondary N) is 2. The topological polar surface area (TPSA) is 113 Å². The van der Waals surface area contributed by atoms with Crippen molar-refractivity contribution in [2.24, 2.45) is 10.9 Å². The molecule has 0 saturated carbocycles. The molecule has 0 unspecified atom stereocenters. The number of carbonyl (C=O) groups is 2. The fourth-order valence-electron chi connectivity index (χ4n) is 4.04. The number of hydrogen-bond donors (Lipinski definition) is 4. The van der Waals surface area contributed by atoms with E-state index in [-0.39, 0.29) is 11.8 Å². The number of rotatable bonds is 7. The predicted octanol–water partition coefficient (Wildman–Crippen LogP) is 3.72. The summed E-state index contributed by atoms with van der Waals surface area (Å²) in [4.78, 5) is 27.7. The lowest BCUT2D eigenvalue weighted by Gasteiger charge is -2.25. The van der Waals surface area contributed by atoms with Gasteiger partial charge in [-0.2, -0.15) is 0 Å². The van der Waals surface area contributed by atoms with Crippen LogP contribution in [0.15, 0.2) is 72.1 Å². The van der Waals surface area contributed by atoms with Crippen LogP contribution in [-0.4, -0.2) is 30.3 Å². The zero-order valence-corrected chi connectivity index (χ0v) is 20.4. The molecule has 0 bridgehead atoms. The van der Waals surface area contributed by atoms with Gasteiger partial charge in [0.05, 0.1) is 0 Å². The maximum absolute atomic E-state index is 12.9. The van der Waals surface area contributed by atoms with Crippen molar-refractivity contribution >= 4 is 35.1 Å².